The summed E-state index contributed by atoms with van der Waals surface area (Å²) in [5.74, 6) is 2.76. The number of anilines is 1. The normalized spacial score (nSPS) is 24.5. The SMILES string of the molecule is N=C(N)c1cc(N2CC3CCCC3C2)nc2ccccc12. The number of para-hydroxylation sites is 1. The van der Waals surface area contributed by atoms with Gasteiger partial charge in [0.2, 0.25) is 0 Å². The summed E-state index contributed by atoms with van der Waals surface area (Å²) in [6.45, 7) is 2.21. The molecule has 0 bridgehead atoms. The molecule has 1 saturated carbocycles. The maximum Gasteiger partial charge on any atom is 0.130 e. The number of rotatable bonds is 2. The van der Waals surface area contributed by atoms with Gasteiger partial charge in [-0.2, -0.15) is 0 Å². The van der Waals surface area contributed by atoms with E-state index in [2.05, 4.69) is 4.90 Å². The summed E-state index contributed by atoms with van der Waals surface area (Å²) in [6.07, 6.45) is 4.09. The molecule has 1 aliphatic carbocycles. The molecule has 21 heavy (non-hydrogen) atoms. The van der Waals surface area contributed by atoms with E-state index in [0.29, 0.717) is 0 Å². The van der Waals surface area contributed by atoms with Crippen molar-refractivity contribution in [2.45, 2.75) is 19.3 Å². The van der Waals surface area contributed by atoms with Gasteiger partial charge in [-0.05, 0) is 36.8 Å². The second-order valence-electron chi connectivity index (χ2n) is 6.31. The Morgan fingerprint density at radius 3 is 2.62 bits per heavy atom. The molecule has 0 spiro atoms. The van der Waals surface area contributed by atoms with Crippen molar-refractivity contribution in [3.8, 4) is 0 Å². The van der Waals surface area contributed by atoms with Crippen LogP contribution in [0.2, 0.25) is 0 Å². The number of hydrogen-bond donors (Lipinski definition) is 2. The summed E-state index contributed by atoms with van der Waals surface area (Å²) in [5.41, 5.74) is 7.50. The van der Waals surface area contributed by atoms with E-state index >= 15 is 0 Å². The van der Waals surface area contributed by atoms with E-state index in [1.54, 1.807) is 0 Å². The van der Waals surface area contributed by atoms with Crippen LogP contribution < -0.4 is 10.6 Å². The van der Waals surface area contributed by atoms with Crippen molar-refractivity contribution in [1.29, 1.82) is 5.41 Å². The first-order valence-corrected chi connectivity index (χ1v) is 7.71. The van der Waals surface area contributed by atoms with E-state index in [4.69, 9.17) is 16.1 Å². The Hall–Kier alpha value is -2.10. The van der Waals surface area contributed by atoms with Crippen molar-refractivity contribution in [3.63, 3.8) is 0 Å². The second kappa shape index (κ2) is 4.72. The summed E-state index contributed by atoms with van der Waals surface area (Å²) >= 11 is 0. The first kappa shape index (κ1) is 12.6. The van der Waals surface area contributed by atoms with E-state index < -0.39 is 0 Å². The molecule has 2 aliphatic rings. The Kier molecular flexibility index (Phi) is 2.84. The molecule has 1 saturated heterocycles. The molecule has 3 N–H and O–H groups in total. The third-order valence-electron chi connectivity index (χ3n) is 5.04. The first-order valence-electron chi connectivity index (χ1n) is 7.71. The molecule has 1 aliphatic heterocycles. The van der Waals surface area contributed by atoms with Crippen molar-refractivity contribution in [2.75, 3.05) is 18.0 Å². The van der Waals surface area contributed by atoms with Gasteiger partial charge in [0.1, 0.15) is 11.7 Å². The van der Waals surface area contributed by atoms with Crippen LogP contribution in [0.4, 0.5) is 5.82 Å². The highest BCUT2D eigenvalue weighted by molar-refractivity contribution is 6.07. The molecule has 108 valence electrons. The number of nitrogen functional groups attached to an aromatic ring is 1. The Balaban J connectivity index is 1.77. The maximum absolute atomic E-state index is 7.84. The average Bonchev–Trinajstić information content (AvgIpc) is 3.07. The zero-order valence-corrected chi connectivity index (χ0v) is 12.0. The zero-order chi connectivity index (χ0) is 14.4. The van der Waals surface area contributed by atoms with Gasteiger partial charge in [0.15, 0.2) is 0 Å². The fourth-order valence-electron chi connectivity index (χ4n) is 3.97. The van der Waals surface area contributed by atoms with Crippen LogP contribution in [0, 0.1) is 17.2 Å². The minimum atomic E-state index is 0.120. The van der Waals surface area contributed by atoms with Crippen molar-refractivity contribution in [2.24, 2.45) is 17.6 Å². The third-order valence-corrected chi connectivity index (χ3v) is 5.04. The van der Waals surface area contributed by atoms with Crippen LogP contribution in [0.25, 0.3) is 10.9 Å². The Labute approximate surface area is 124 Å². The smallest absolute Gasteiger partial charge is 0.130 e. The fourth-order valence-corrected chi connectivity index (χ4v) is 3.97. The van der Waals surface area contributed by atoms with Gasteiger partial charge >= 0.3 is 0 Å². The van der Waals surface area contributed by atoms with E-state index in [0.717, 1.165) is 47.2 Å². The Morgan fingerprint density at radius 1 is 1.19 bits per heavy atom. The maximum atomic E-state index is 7.84. The summed E-state index contributed by atoms with van der Waals surface area (Å²) in [5, 5.41) is 8.81. The minimum absolute atomic E-state index is 0.120. The molecule has 1 aromatic carbocycles. The molecule has 2 fully saturated rings. The molecular formula is C17H20N4. The van der Waals surface area contributed by atoms with Crippen LogP contribution in [0.15, 0.2) is 30.3 Å². The number of pyridine rings is 1. The Bertz CT molecular complexity index is 697. The van der Waals surface area contributed by atoms with Gasteiger partial charge in [0, 0.05) is 24.0 Å². The van der Waals surface area contributed by atoms with Gasteiger partial charge in [-0.1, -0.05) is 24.6 Å². The molecule has 2 unspecified atom stereocenters. The number of amidine groups is 1. The Morgan fingerprint density at radius 2 is 1.90 bits per heavy atom. The topological polar surface area (TPSA) is 66.0 Å². The molecule has 4 heteroatoms. The van der Waals surface area contributed by atoms with Crippen LogP contribution >= 0.6 is 0 Å². The van der Waals surface area contributed by atoms with Crippen molar-refractivity contribution < 1.29 is 0 Å². The number of benzene rings is 1. The largest absolute Gasteiger partial charge is 0.384 e. The van der Waals surface area contributed by atoms with Crippen molar-refractivity contribution in [1.82, 2.24) is 4.98 Å². The fraction of sp³-hybridized carbons (Fsp3) is 0.412. The number of hydrogen-bond acceptors (Lipinski definition) is 3. The molecule has 2 aromatic rings. The number of fused-ring (bicyclic) bond motifs is 2. The molecule has 0 radical (unpaired) electrons. The van der Waals surface area contributed by atoms with Gasteiger partial charge in [0.05, 0.1) is 5.52 Å². The van der Waals surface area contributed by atoms with Crippen LogP contribution in [0.1, 0.15) is 24.8 Å². The predicted molar refractivity (Wildman–Crippen MR) is 85.8 cm³/mol. The van der Waals surface area contributed by atoms with Gasteiger partial charge in [-0.3, -0.25) is 5.41 Å². The number of nitrogens with zero attached hydrogens (tertiary/aromatic N) is 2. The standard InChI is InChI=1S/C17H20N4/c18-17(19)14-8-16(20-15-7-2-1-6-13(14)15)21-9-11-4-3-5-12(11)10-21/h1-2,6-8,11-12H,3-5,9-10H2,(H3,18,19). The minimum Gasteiger partial charge on any atom is -0.384 e. The van der Waals surface area contributed by atoms with Gasteiger partial charge in [-0.25, -0.2) is 4.98 Å². The summed E-state index contributed by atoms with van der Waals surface area (Å²) in [7, 11) is 0. The first-order chi connectivity index (χ1) is 10.2. The summed E-state index contributed by atoms with van der Waals surface area (Å²) in [4.78, 5) is 7.18. The predicted octanol–water partition coefficient (Wildman–Crippen LogP) is 2.76. The molecule has 2 atom stereocenters. The molecule has 4 rings (SSSR count). The van der Waals surface area contributed by atoms with E-state index in [-0.39, 0.29) is 5.84 Å². The molecule has 4 nitrogen and oxygen atoms in total. The van der Waals surface area contributed by atoms with E-state index in [9.17, 15) is 0 Å². The average molecular weight is 280 g/mol. The highest BCUT2D eigenvalue weighted by Crippen LogP contribution is 2.39. The summed E-state index contributed by atoms with van der Waals surface area (Å²) in [6, 6.07) is 9.94. The van der Waals surface area contributed by atoms with E-state index in [1.165, 1.54) is 19.3 Å². The highest BCUT2D eigenvalue weighted by Gasteiger charge is 2.36. The molecule has 0 amide bonds. The lowest BCUT2D eigenvalue weighted by atomic mass is 10.0. The highest BCUT2D eigenvalue weighted by atomic mass is 15.2. The molecular weight excluding hydrogens is 260 g/mol. The van der Waals surface area contributed by atoms with Crippen molar-refractivity contribution in [3.05, 3.63) is 35.9 Å². The number of nitrogens with one attached hydrogen (secondary N) is 1. The lowest BCUT2D eigenvalue weighted by Crippen LogP contribution is -2.23. The van der Waals surface area contributed by atoms with Gasteiger partial charge in [0.25, 0.3) is 0 Å². The number of aromatic nitrogens is 1. The monoisotopic (exact) mass is 280 g/mol. The lowest BCUT2D eigenvalue weighted by Gasteiger charge is -2.20. The second-order valence-corrected chi connectivity index (χ2v) is 6.31. The van der Waals surface area contributed by atoms with Crippen LogP contribution in [-0.2, 0) is 0 Å². The number of nitrogens with two attached hydrogens (primary N) is 1. The van der Waals surface area contributed by atoms with Crippen LogP contribution in [0.3, 0.4) is 0 Å². The van der Waals surface area contributed by atoms with Crippen molar-refractivity contribution >= 4 is 22.6 Å². The molecule has 2 heterocycles. The summed E-state index contributed by atoms with van der Waals surface area (Å²) < 4.78 is 0. The lowest BCUT2D eigenvalue weighted by molar-refractivity contribution is 0.494. The van der Waals surface area contributed by atoms with Crippen LogP contribution in [0.5, 0.6) is 0 Å². The zero-order valence-electron chi connectivity index (χ0n) is 12.0. The van der Waals surface area contributed by atoms with Gasteiger partial charge in [-0.15, -0.1) is 0 Å². The van der Waals surface area contributed by atoms with E-state index in [1.807, 2.05) is 30.3 Å². The molecule has 1 aromatic heterocycles. The van der Waals surface area contributed by atoms with Crippen LogP contribution in [-0.4, -0.2) is 23.9 Å². The quantitative estimate of drug-likeness (QED) is 0.656. The van der Waals surface area contributed by atoms with Gasteiger partial charge < -0.3 is 10.6 Å². The third kappa shape index (κ3) is 2.06.